The molecular formula is C29H28FN7O3. The Morgan fingerprint density at radius 3 is 2.67 bits per heavy atom. The van der Waals surface area contributed by atoms with E-state index in [0.717, 1.165) is 16.7 Å². The van der Waals surface area contributed by atoms with E-state index in [1.165, 1.54) is 6.33 Å². The van der Waals surface area contributed by atoms with Crippen LogP contribution in [0.5, 0.6) is 5.75 Å². The van der Waals surface area contributed by atoms with Gasteiger partial charge >= 0.3 is 0 Å². The van der Waals surface area contributed by atoms with E-state index >= 15 is 4.39 Å². The highest BCUT2D eigenvalue weighted by atomic mass is 19.1. The molecule has 0 bridgehead atoms. The number of pyridine rings is 1. The van der Waals surface area contributed by atoms with Gasteiger partial charge in [0.15, 0.2) is 11.9 Å². The van der Waals surface area contributed by atoms with E-state index in [1.54, 1.807) is 47.1 Å². The van der Waals surface area contributed by atoms with Crippen molar-refractivity contribution >= 4 is 39.2 Å². The Morgan fingerprint density at radius 1 is 1.07 bits per heavy atom. The standard InChI is InChI=1S/C29H28FN7O3/c1-17-10-21-22(31-13-17)4-5-23(27(21)30)35-28-26-24(32-16-33-28)11-19(20-14-34-36(3)15-20)12-25(26)40-18(2)29(38)37-6-8-39-9-7-37/h4-5,10-16,18H,6-9H2,1-3H3,(H,32,33,35). The summed E-state index contributed by atoms with van der Waals surface area (Å²) in [5.74, 6) is 0.165. The third-order valence-electron chi connectivity index (χ3n) is 6.90. The SMILES string of the molecule is Cc1cnc2ccc(Nc3ncnc4cc(-c5cnn(C)c5)cc(OC(C)C(=O)N5CCOCC5)c34)c(F)c2c1. The molecule has 10 nitrogen and oxygen atoms in total. The molecule has 1 saturated heterocycles. The molecule has 2 aromatic carbocycles. The number of benzene rings is 2. The first-order valence-corrected chi connectivity index (χ1v) is 13.0. The Bertz CT molecular complexity index is 1730. The van der Waals surface area contributed by atoms with Gasteiger partial charge in [-0.25, -0.2) is 14.4 Å². The molecule has 0 spiro atoms. The van der Waals surface area contributed by atoms with Gasteiger partial charge in [0.25, 0.3) is 5.91 Å². The molecule has 1 fully saturated rings. The third-order valence-corrected chi connectivity index (χ3v) is 6.90. The molecule has 1 atom stereocenters. The molecule has 0 radical (unpaired) electrons. The van der Waals surface area contributed by atoms with Crippen molar-refractivity contribution in [2.45, 2.75) is 20.0 Å². The number of hydrogen-bond acceptors (Lipinski definition) is 8. The van der Waals surface area contributed by atoms with Crippen LogP contribution in [-0.4, -0.2) is 67.9 Å². The zero-order valence-electron chi connectivity index (χ0n) is 22.4. The fraction of sp³-hybridized carbons (Fsp3) is 0.276. The number of morpholine rings is 1. The first-order valence-electron chi connectivity index (χ1n) is 13.0. The van der Waals surface area contributed by atoms with Crippen LogP contribution in [0, 0.1) is 12.7 Å². The number of fused-ring (bicyclic) bond motifs is 2. The number of nitrogens with zero attached hydrogens (tertiary/aromatic N) is 6. The lowest BCUT2D eigenvalue weighted by Crippen LogP contribution is -2.46. The van der Waals surface area contributed by atoms with Crippen LogP contribution >= 0.6 is 0 Å². The van der Waals surface area contributed by atoms with Crippen molar-refractivity contribution in [2.24, 2.45) is 7.05 Å². The van der Waals surface area contributed by atoms with Crippen molar-refractivity contribution in [1.29, 1.82) is 0 Å². The summed E-state index contributed by atoms with van der Waals surface area (Å²) >= 11 is 0. The Balaban J connectivity index is 1.44. The molecule has 3 aromatic heterocycles. The van der Waals surface area contributed by atoms with Gasteiger partial charge in [0, 0.05) is 43.5 Å². The molecule has 0 saturated carbocycles. The van der Waals surface area contributed by atoms with Crippen LogP contribution in [0.2, 0.25) is 0 Å². The molecule has 204 valence electrons. The van der Waals surface area contributed by atoms with Crippen molar-refractivity contribution in [3.63, 3.8) is 0 Å². The molecule has 11 heteroatoms. The minimum absolute atomic E-state index is 0.141. The lowest BCUT2D eigenvalue weighted by atomic mass is 10.1. The van der Waals surface area contributed by atoms with Crippen LogP contribution < -0.4 is 10.1 Å². The van der Waals surface area contributed by atoms with Crippen LogP contribution in [0.3, 0.4) is 0 Å². The molecule has 1 N–H and O–H groups in total. The number of aromatic nitrogens is 5. The largest absolute Gasteiger partial charge is 0.480 e. The van der Waals surface area contributed by atoms with Gasteiger partial charge in [-0.3, -0.25) is 14.5 Å². The topological polar surface area (TPSA) is 107 Å². The summed E-state index contributed by atoms with van der Waals surface area (Å²) in [5, 5.41) is 8.35. The summed E-state index contributed by atoms with van der Waals surface area (Å²) in [4.78, 5) is 28.2. The van der Waals surface area contributed by atoms with Crippen LogP contribution in [-0.2, 0) is 16.6 Å². The number of ether oxygens (including phenoxy) is 2. The van der Waals surface area contributed by atoms with E-state index in [9.17, 15) is 4.79 Å². The number of amides is 1. The number of rotatable bonds is 6. The van der Waals surface area contributed by atoms with Crippen LogP contribution in [0.1, 0.15) is 12.5 Å². The third kappa shape index (κ3) is 4.91. The molecule has 6 rings (SSSR count). The van der Waals surface area contributed by atoms with Crippen molar-refractivity contribution in [3.05, 3.63) is 66.6 Å². The number of hydrogen-bond donors (Lipinski definition) is 1. The minimum atomic E-state index is -0.787. The highest BCUT2D eigenvalue weighted by Gasteiger charge is 2.26. The summed E-state index contributed by atoms with van der Waals surface area (Å²) in [5.41, 5.74) is 3.89. The Morgan fingerprint density at radius 2 is 1.90 bits per heavy atom. The second-order valence-corrected chi connectivity index (χ2v) is 9.82. The van der Waals surface area contributed by atoms with Gasteiger partial charge < -0.3 is 19.7 Å². The predicted octanol–water partition coefficient (Wildman–Crippen LogP) is 4.40. The first kappa shape index (κ1) is 25.6. The summed E-state index contributed by atoms with van der Waals surface area (Å²) in [6.07, 6.45) is 5.96. The van der Waals surface area contributed by atoms with Gasteiger partial charge in [0.1, 0.15) is 17.9 Å². The second kappa shape index (κ2) is 10.5. The molecule has 4 heterocycles. The van der Waals surface area contributed by atoms with Crippen molar-refractivity contribution < 1.29 is 18.7 Å². The Kier molecular flexibility index (Phi) is 6.72. The average molecular weight is 542 g/mol. The monoisotopic (exact) mass is 541 g/mol. The molecule has 5 aromatic rings. The lowest BCUT2D eigenvalue weighted by Gasteiger charge is -2.29. The maximum absolute atomic E-state index is 15.6. The highest BCUT2D eigenvalue weighted by Crippen LogP contribution is 2.37. The average Bonchev–Trinajstić information content (AvgIpc) is 3.41. The molecule has 40 heavy (non-hydrogen) atoms. The van der Waals surface area contributed by atoms with Crippen molar-refractivity contribution in [3.8, 4) is 16.9 Å². The second-order valence-electron chi connectivity index (χ2n) is 9.82. The molecule has 1 aliphatic heterocycles. The van der Waals surface area contributed by atoms with Crippen molar-refractivity contribution in [1.82, 2.24) is 29.6 Å². The normalized spacial score (nSPS) is 14.4. The molecule has 1 amide bonds. The van der Waals surface area contributed by atoms with Crippen LogP contribution in [0.4, 0.5) is 15.9 Å². The fourth-order valence-corrected chi connectivity index (χ4v) is 4.85. The molecule has 1 unspecified atom stereocenters. The Hall–Kier alpha value is -4.64. The summed E-state index contributed by atoms with van der Waals surface area (Å²) in [7, 11) is 1.84. The minimum Gasteiger partial charge on any atom is -0.480 e. The maximum atomic E-state index is 15.6. The summed E-state index contributed by atoms with van der Waals surface area (Å²) in [6, 6.07) is 8.87. The fourth-order valence-electron chi connectivity index (χ4n) is 4.85. The van der Waals surface area contributed by atoms with Gasteiger partial charge in [0.2, 0.25) is 0 Å². The summed E-state index contributed by atoms with van der Waals surface area (Å²) < 4.78 is 29.0. The zero-order valence-corrected chi connectivity index (χ0v) is 22.4. The van der Waals surface area contributed by atoms with E-state index in [2.05, 4.69) is 25.4 Å². The number of carbonyl (C=O) groups excluding carboxylic acids is 1. The van der Waals surface area contributed by atoms with Gasteiger partial charge in [0.05, 0.1) is 41.5 Å². The number of nitrogens with one attached hydrogen (secondary N) is 1. The van der Waals surface area contributed by atoms with E-state index < -0.39 is 11.9 Å². The van der Waals surface area contributed by atoms with E-state index in [0.29, 0.717) is 59.7 Å². The van der Waals surface area contributed by atoms with Crippen LogP contribution in [0.15, 0.2) is 55.2 Å². The predicted molar refractivity (Wildman–Crippen MR) is 149 cm³/mol. The lowest BCUT2D eigenvalue weighted by molar-refractivity contribution is -0.142. The molecule has 0 aliphatic carbocycles. The van der Waals surface area contributed by atoms with E-state index in [4.69, 9.17) is 9.47 Å². The Labute approximate surface area is 229 Å². The summed E-state index contributed by atoms with van der Waals surface area (Å²) in [6.45, 7) is 5.59. The van der Waals surface area contributed by atoms with E-state index in [1.807, 2.05) is 32.3 Å². The van der Waals surface area contributed by atoms with Crippen LogP contribution in [0.25, 0.3) is 32.9 Å². The van der Waals surface area contributed by atoms with Gasteiger partial charge in [-0.1, -0.05) is 0 Å². The van der Waals surface area contributed by atoms with Gasteiger partial charge in [-0.2, -0.15) is 5.10 Å². The number of anilines is 2. The number of carbonyl (C=O) groups is 1. The number of halogens is 1. The van der Waals surface area contributed by atoms with Crippen molar-refractivity contribution in [2.75, 3.05) is 31.6 Å². The van der Waals surface area contributed by atoms with Gasteiger partial charge in [-0.15, -0.1) is 0 Å². The highest BCUT2D eigenvalue weighted by molar-refractivity contribution is 5.99. The number of aryl methyl sites for hydroxylation is 2. The smallest absolute Gasteiger partial charge is 0.263 e. The van der Waals surface area contributed by atoms with E-state index in [-0.39, 0.29) is 11.6 Å². The molecular weight excluding hydrogens is 513 g/mol. The van der Waals surface area contributed by atoms with Gasteiger partial charge in [-0.05, 0) is 55.3 Å². The molecule has 1 aliphatic rings. The zero-order chi connectivity index (χ0) is 27.8. The first-order chi connectivity index (χ1) is 19.4. The quantitative estimate of drug-likeness (QED) is 0.337. The maximum Gasteiger partial charge on any atom is 0.263 e.